The second kappa shape index (κ2) is 7.18. The summed E-state index contributed by atoms with van der Waals surface area (Å²) in [5.74, 6) is -0.0397. The number of rotatable bonds is 5. The van der Waals surface area contributed by atoms with E-state index in [-0.39, 0.29) is 12.3 Å². The van der Waals surface area contributed by atoms with Gasteiger partial charge in [-0.05, 0) is 30.7 Å². The molecule has 26 heavy (non-hydrogen) atoms. The van der Waals surface area contributed by atoms with Crippen LogP contribution in [0.5, 0.6) is 5.75 Å². The number of nitro benzene ring substituents is 1. The summed E-state index contributed by atoms with van der Waals surface area (Å²) in [6.07, 6.45) is 0. The Morgan fingerprint density at radius 2 is 1.85 bits per heavy atom. The highest BCUT2D eigenvalue weighted by molar-refractivity contribution is 5.98. The number of non-ortho nitro benzene ring substituents is 1. The standard InChI is InChI=1S/C19H16N2O5/c1-12-15-5-3-4-6-16(15)20-17(18(12)19(22)25-2)11-26-14-9-7-13(8-10-14)21(23)24/h3-10H,11H2,1-2H3. The summed E-state index contributed by atoms with van der Waals surface area (Å²) in [5, 5.41) is 11.6. The summed E-state index contributed by atoms with van der Waals surface area (Å²) in [7, 11) is 1.32. The zero-order chi connectivity index (χ0) is 18.7. The first-order valence-corrected chi connectivity index (χ1v) is 7.85. The number of fused-ring (bicyclic) bond motifs is 1. The molecule has 0 atom stereocenters. The van der Waals surface area contributed by atoms with Crippen LogP contribution < -0.4 is 4.74 Å². The number of nitro groups is 1. The molecule has 0 radical (unpaired) electrons. The van der Waals surface area contributed by atoms with Gasteiger partial charge in [-0.2, -0.15) is 0 Å². The first-order chi connectivity index (χ1) is 12.5. The van der Waals surface area contributed by atoms with E-state index < -0.39 is 10.9 Å². The molecule has 0 saturated carbocycles. The predicted octanol–water partition coefficient (Wildman–Crippen LogP) is 3.82. The summed E-state index contributed by atoms with van der Waals surface area (Å²) in [5.41, 5.74) is 2.32. The van der Waals surface area contributed by atoms with Gasteiger partial charge < -0.3 is 9.47 Å². The molecule has 0 aliphatic carbocycles. The lowest BCUT2D eigenvalue weighted by Gasteiger charge is -2.14. The van der Waals surface area contributed by atoms with Gasteiger partial charge >= 0.3 is 5.97 Å². The molecule has 0 bridgehead atoms. The number of hydrogen-bond acceptors (Lipinski definition) is 6. The molecule has 0 N–H and O–H groups in total. The Bertz CT molecular complexity index is 983. The molecule has 3 aromatic rings. The van der Waals surface area contributed by atoms with Gasteiger partial charge in [-0.15, -0.1) is 0 Å². The summed E-state index contributed by atoms with van der Waals surface area (Å²) < 4.78 is 10.6. The van der Waals surface area contributed by atoms with Crippen LogP contribution in [0.1, 0.15) is 21.6 Å². The summed E-state index contributed by atoms with van der Waals surface area (Å²) >= 11 is 0. The third-order valence-corrected chi connectivity index (χ3v) is 4.04. The Labute approximate surface area is 149 Å². The molecule has 0 aliphatic rings. The molecule has 0 spiro atoms. The molecule has 0 fully saturated rings. The number of carbonyl (C=O) groups excluding carboxylic acids is 1. The van der Waals surface area contributed by atoms with Crippen molar-refractivity contribution >= 4 is 22.6 Å². The highest BCUT2D eigenvalue weighted by Gasteiger charge is 2.19. The molecule has 0 unspecified atom stereocenters. The normalized spacial score (nSPS) is 10.5. The molecule has 0 saturated heterocycles. The third-order valence-electron chi connectivity index (χ3n) is 4.04. The van der Waals surface area contributed by atoms with Gasteiger partial charge in [0.2, 0.25) is 0 Å². The zero-order valence-corrected chi connectivity index (χ0v) is 14.3. The molecule has 7 nitrogen and oxygen atoms in total. The van der Waals surface area contributed by atoms with Crippen molar-refractivity contribution in [3.05, 3.63) is 75.5 Å². The van der Waals surface area contributed by atoms with Crippen LogP contribution in [-0.4, -0.2) is 23.0 Å². The Morgan fingerprint density at radius 3 is 2.50 bits per heavy atom. The lowest BCUT2D eigenvalue weighted by atomic mass is 10.0. The lowest BCUT2D eigenvalue weighted by Crippen LogP contribution is -2.13. The van der Waals surface area contributed by atoms with E-state index in [2.05, 4.69) is 4.98 Å². The number of ether oxygens (including phenoxy) is 2. The number of hydrogen-bond donors (Lipinski definition) is 0. The molecule has 2 aromatic carbocycles. The highest BCUT2D eigenvalue weighted by Crippen LogP contribution is 2.25. The fourth-order valence-corrected chi connectivity index (χ4v) is 2.73. The van der Waals surface area contributed by atoms with E-state index in [1.165, 1.54) is 31.4 Å². The smallest absolute Gasteiger partial charge is 0.340 e. The molecular formula is C19H16N2O5. The number of aryl methyl sites for hydroxylation is 1. The fraction of sp³-hybridized carbons (Fsp3) is 0.158. The van der Waals surface area contributed by atoms with Crippen LogP contribution in [0.15, 0.2) is 48.5 Å². The van der Waals surface area contributed by atoms with Crippen LogP contribution in [0.3, 0.4) is 0 Å². The van der Waals surface area contributed by atoms with E-state index in [0.29, 0.717) is 17.0 Å². The van der Waals surface area contributed by atoms with Crippen LogP contribution >= 0.6 is 0 Å². The van der Waals surface area contributed by atoms with Gasteiger partial charge in [0.05, 0.1) is 28.8 Å². The topological polar surface area (TPSA) is 91.6 Å². The number of pyridine rings is 1. The minimum atomic E-state index is -0.483. The maximum Gasteiger partial charge on any atom is 0.340 e. The average Bonchev–Trinajstić information content (AvgIpc) is 2.66. The molecule has 1 heterocycles. The average molecular weight is 352 g/mol. The van der Waals surface area contributed by atoms with Crippen molar-refractivity contribution in [1.82, 2.24) is 4.98 Å². The van der Waals surface area contributed by atoms with Crippen molar-refractivity contribution in [2.75, 3.05) is 7.11 Å². The largest absolute Gasteiger partial charge is 0.487 e. The SMILES string of the molecule is COC(=O)c1c(COc2ccc([N+](=O)[O-])cc2)nc2ccccc2c1C. The van der Waals surface area contributed by atoms with E-state index in [4.69, 9.17) is 9.47 Å². The number of aromatic nitrogens is 1. The van der Waals surface area contributed by atoms with Gasteiger partial charge in [-0.25, -0.2) is 9.78 Å². The molecule has 7 heteroatoms. The highest BCUT2D eigenvalue weighted by atomic mass is 16.6. The van der Waals surface area contributed by atoms with Gasteiger partial charge in [-0.1, -0.05) is 18.2 Å². The number of carbonyl (C=O) groups is 1. The Balaban J connectivity index is 1.95. The molecule has 3 rings (SSSR count). The Kier molecular flexibility index (Phi) is 4.79. The van der Waals surface area contributed by atoms with E-state index in [0.717, 1.165) is 16.5 Å². The first-order valence-electron chi connectivity index (χ1n) is 7.85. The minimum absolute atomic E-state index is 0.0210. The van der Waals surface area contributed by atoms with Gasteiger partial charge in [0.1, 0.15) is 12.4 Å². The molecular weight excluding hydrogens is 336 g/mol. The van der Waals surface area contributed by atoms with Crippen LogP contribution in [-0.2, 0) is 11.3 Å². The quantitative estimate of drug-likeness (QED) is 0.394. The maximum atomic E-state index is 12.2. The van der Waals surface area contributed by atoms with Crippen molar-refractivity contribution < 1.29 is 19.2 Å². The Hall–Kier alpha value is -3.48. The van der Waals surface area contributed by atoms with E-state index in [1.54, 1.807) is 0 Å². The van der Waals surface area contributed by atoms with Gasteiger partial charge in [0, 0.05) is 17.5 Å². The van der Waals surface area contributed by atoms with Crippen molar-refractivity contribution in [2.45, 2.75) is 13.5 Å². The van der Waals surface area contributed by atoms with Crippen LogP contribution in [0.25, 0.3) is 10.9 Å². The van der Waals surface area contributed by atoms with Crippen LogP contribution in [0.4, 0.5) is 5.69 Å². The number of benzene rings is 2. The summed E-state index contributed by atoms with van der Waals surface area (Å²) in [4.78, 5) is 27.0. The molecule has 1 aromatic heterocycles. The molecule has 0 aliphatic heterocycles. The third kappa shape index (κ3) is 3.32. The number of nitrogens with zero attached hydrogens (tertiary/aromatic N) is 2. The predicted molar refractivity (Wildman–Crippen MR) is 95.2 cm³/mol. The van der Waals surface area contributed by atoms with E-state index >= 15 is 0 Å². The number of esters is 1. The van der Waals surface area contributed by atoms with Crippen LogP contribution in [0, 0.1) is 17.0 Å². The second-order valence-electron chi connectivity index (χ2n) is 5.61. The van der Waals surface area contributed by atoms with Crippen LogP contribution in [0.2, 0.25) is 0 Å². The monoisotopic (exact) mass is 352 g/mol. The van der Waals surface area contributed by atoms with E-state index in [1.807, 2.05) is 31.2 Å². The zero-order valence-electron chi connectivity index (χ0n) is 14.3. The Morgan fingerprint density at radius 1 is 1.15 bits per heavy atom. The van der Waals surface area contributed by atoms with Crippen molar-refractivity contribution in [3.8, 4) is 5.75 Å². The fourth-order valence-electron chi connectivity index (χ4n) is 2.73. The maximum absolute atomic E-state index is 12.2. The number of para-hydroxylation sites is 1. The number of methoxy groups -OCH3 is 1. The summed E-state index contributed by atoms with van der Waals surface area (Å²) in [6.45, 7) is 1.87. The minimum Gasteiger partial charge on any atom is -0.487 e. The molecule has 132 valence electrons. The van der Waals surface area contributed by atoms with E-state index in [9.17, 15) is 14.9 Å². The lowest BCUT2D eigenvalue weighted by molar-refractivity contribution is -0.384. The van der Waals surface area contributed by atoms with Gasteiger partial charge in [-0.3, -0.25) is 10.1 Å². The van der Waals surface area contributed by atoms with Crippen molar-refractivity contribution in [3.63, 3.8) is 0 Å². The van der Waals surface area contributed by atoms with Gasteiger partial charge in [0.15, 0.2) is 0 Å². The van der Waals surface area contributed by atoms with Crippen molar-refractivity contribution in [2.24, 2.45) is 0 Å². The molecule has 0 amide bonds. The second-order valence-corrected chi connectivity index (χ2v) is 5.61. The van der Waals surface area contributed by atoms with Crippen molar-refractivity contribution in [1.29, 1.82) is 0 Å². The van der Waals surface area contributed by atoms with Gasteiger partial charge in [0.25, 0.3) is 5.69 Å². The summed E-state index contributed by atoms with van der Waals surface area (Å²) in [6, 6.07) is 13.2. The first kappa shape index (κ1) is 17.3.